The summed E-state index contributed by atoms with van der Waals surface area (Å²) in [5, 5.41) is 15.1. The van der Waals surface area contributed by atoms with E-state index in [-0.39, 0.29) is 24.0 Å². The third kappa shape index (κ3) is 3.70. The summed E-state index contributed by atoms with van der Waals surface area (Å²) < 4.78 is 16.1. The Bertz CT molecular complexity index is 709. The molecule has 2 aromatic rings. The van der Waals surface area contributed by atoms with Gasteiger partial charge in [0.1, 0.15) is 0 Å². The van der Waals surface area contributed by atoms with Crippen LogP contribution in [0, 0.1) is 10.1 Å². The van der Waals surface area contributed by atoms with E-state index in [9.17, 15) is 10.1 Å². The summed E-state index contributed by atoms with van der Waals surface area (Å²) in [5.74, 6) is 1.37. The van der Waals surface area contributed by atoms with Crippen molar-refractivity contribution in [1.29, 1.82) is 0 Å². The standard InChI is InChI=1S/C16H19N3O5/c1-2-11-3-4-14(13(9-11)19(20)21)23-10-15-17-16(24-18-15)12-5-7-22-8-6-12/h3-4,9,12H,2,5-8,10H2,1H3. The fraction of sp³-hybridized carbons (Fsp3) is 0.500. The largest absolute Gasteiger partial charge is 0.478 e. The molecule has 0 atom stereocenters. The number of rotatable bonds is 6. The van der Waals surface area contributed by atoms with Crippen molar-refractivity contribution in [3.05, 3.63) is 45.6 Å². The van der Waals surface area contributed by atoms with Crippen LogP contribution in [0.1, 0.15) is 43.0 Å². The van der Waals surface area contributed by atoms with Crippen LogP contribution in [-0.4, -0.2) is 28.3 Å². The molecule has 8 heteroatoms. The van der Waals surface area contributed by atoms with Crippen molar-refractivity contribution in [2.75, 3.05) is 13.2 Å². The van der Waals surface area contributed by atoms with Gasteiger partial charge in [-0.1, -0.05) is 18.1 Å². The smallest absolute Gasteiger partial charge is 0.311 e. The van der Waals surface area contributed by atoms with Gasteiger partial charge in [0.25, 0.3) is 0 Å². The first kappa shape index (κ1) is 16.4. The lowest BCUT2D eigenvalue weighted by atomic mass is 10.0. The Hall–Kier alpha value is -2.48. The quantitative estimate of drug-likeness (QED) is 0.591. The van der Waals surface area contributed by atoms with Gasteiger partial charge < -0.3 is 14.0 Å². The van der Waals surface area contributed by atoms with Crippen LogP contribution in [0.15, 0.2) is 22.7 Å². The number of hydrogen-bond acceptors (Lipinski definition) is 7. The summed E-state index contributed by atoms with van der Waals surface area (Å²) in [6.45, 7) is 3.35. The summed E-state index contributed by atoms with van der Waals surface area (Å²) in [4.78, 5) is 15.1. The lowest BCUT2D eigenvalue weighted by Crippen LogP contribution is -2.14. The molecule has 0 N–H and O–H groups in total. The van der Waals surface area contributed by atoms with Crippen LogP contribution in [0.4, 0.5) is 5.69 Å². The first-order valence-corrected chi connectivity index (χ1v) is 7.97. The molecule has 2 heterocycles. The molecule has 1 aromatic carbocycles. The molecule has 128 valence electrons. The normalized spacial score (nSPS) is 15.4. The molecule has 1 aromatic heterocycles. The highest BCUT2D eigenvalue weighted by atomic mass is 16.6. The number of nitro groups is 1. The number of benzene rings is 1. The lowest BCUT2D eigenvalue weighted by Gasteiger charge is -2.17. The maximum atomic E-state index is 11.2. The summed E-state index contributed by atoms with van der Waals surface area (Å²) in [7, 11) is 0. The zero-order valence-corrected chi connectivity index (χ0v) is 13.4. The maximum Gasteiger partial charge on any atom is 0.311 e. The molecular formula is C16H19N3O5. The summed E-state index contributed by atoms with van der Waals surface area (Å²) in [5.41, 5.74) is 0.831. The third-order valence-corrected chi connectivity index (χ3v) is 4.04. The van der Waals surface area contributed by atoms with E-state index >= 15 is 0 Å². The molecule has 0 bridgehead atoms. The molecule has 3 rings (SSSR count). The highest BCUT2D eigenvalue weighted by molar-refractivity contribution is 5.48. The molecule has 1 saturated heterocycles. The van der Waals surface area contributed by atoms with Crippen LogP contribution in [0.5, 0.6) is 5.75 Å². The van der Waals surface area contributed by atoms with Crippen LogP contribution in [-0.2, 0) is 17.8 Å². The molecular weight excluding hydrogens is 314 g/mol. The predicted octanol–water partition coefficient (Wildman–Crippen LogP) is 3.01. The first-order chi connectivity index (χ1) is 11.7. The van der Waals surface area contributed by atoms with Crippen molar-refractivity contribution < 1.29 is 18.9 Å². The Morgan fingerprint density at radius 1 is 1.38 bits per heavy atom. The molecule has 0 saturated carbocycles. The molecule has 0 radical (unpaired) electrons. The molecule has 1 aliphatic heterocycles. The second kappa shape index (κ2) is 7.39. The van der Waals surface area contributed by atoms with Gasteiger partial charge in [-0.25, -0.2) is 0 Å². The lowest BCUT2D eigenvalue weighted by molar-refractivity contribution is -0.386. The Labute approximate surface area is 138 Å². The van der Waals surface area contributed by atoms with Gasteiger partial charge >= 0.3 is 5.69 Å². The van der Waals surface area contributed by atoms with Crippen molar-refractivity contribution in [1.82, 2.24) is 10.1 Å². The summed E-state index contributed by atoms with van der Waals surface area (Å²) in [6, 6.07) is 4.95. The topological polar surface area (TPSA) is 101 Å². The zero-order chi connectivity index (χ0) is 16.9. The summed E-state index contributed by atoms with van der Waals surface area (Å²) >= 11 is 0. The van der Waals surface area contributed by atoms with Crippen LogP contribution < -0.4 is 4.74 Å². The zero-order valence-electron chi connectivity index (χ0n) is 13.4. The van der Waals surface area contributed by atoms with Crippen LogP contribution in [0.2, 0.25) is 0 Å². The van der Waals surface area contributed by atoms with Crippen molar-refractivity contribution in [2.24, 2.45) is 0 Å². The van der Waals surface area contributed by atoms with Gasteiger partial charge in [0.05, 0.1) is 4.92 Å². The van der Waals surface area contributed by atoms with Gasteiger partial charge in [-0.2, -0.15) is 4.98 Å². The minimum atomic E-state index is -0.446. The van der Waals surface area contributed by atoms with Gasteiger partial charge in [-0.05, 0) is 30.9 Å². The highest BCUT2D eigenvalue weighted by Gasteiger charge is 2.22. The molecule has 24 heavy (non-hydrogen) atoms. The number of aryl methyl sites for hydroxylation is 1. The van der Waals surface area contributed by atoms with E-state index in [2.05, 4.69) is 10.1 Å². The van der Waals surface area contributed by atoms with E-state index in [4.69, 9.17) is 14.0 Å². The van der Waals surface area contributed by atoms with Crippen LogP contribution in [0.3, 0.4) is 0 Å². The molecule has 0 unspecified atom stereocenters. The number of nitrogens with zero attached hydrogens (tertiary/aromatic N) is 3. The fourth-order valence-corrected chi connectivity index (χ4v) is 2.63. The van der Waals surface area contributed by atoms with Gasteiger partial charge in [0, 0.05) is 25.2 Å². The number of ether oxygens (including phenoxy) is 2. The van der Waals surface area contributed by atoms with E-state index in [1.807, 2.05) is 13.0 Å². The van der Waals surface area contributed by atoms with Gasteiger partial charge in [-0.3, -0.25) is 10.1 Å². The Balaban J connectivity index is 1.67. The van der Waals surface area contributed by atoms with E-state index in [0.717, 1.165) is 24.8 Å². The predicted molar refractivity (Wildman–Crippen MR) is 83.9 cm³/mol. The maximum absolute atomic E-state index is 11.2. The van der Waals surface area contributed by atoms with E-state index in [0.29, 0.717) is 24.9 Å². The van der Waals surface area contributed by atoms with Crippen LogP contribution >= 0.6 is 0 Å². The molecule has 0 aliphatic carbocycles. The molecule has 0 spiro atoms. The average molecular weight is 333 g/mol. The van der Waals surface area contributed by atoms with Crippen molar-refractivity contribution >= 4 is 5.69 Å². The van der Waals surface area contributed by atoms with Crippen molar-refractivity contribution in [3.63, 3.8) is 0 Å². The minimum Gasteiger partial charge on any atom is -0.478 e. The number of aromatic nitrogens is 2. The second-order valence-corrected chi connectivity index (χ2v) is 5.64. The third-order valence-electron chi connectivity index (χ3n) is 4.04. The fourth-order valence-electron chi connectivity index (χ4n) is 2.63. The first-order valence-electron chi connectivity index (χ1n) is 7.97. The van der Waals surface area contributed by atoms with Crippen molar-refractivity contribution in [2.45, 2.75) is 38.7 Å². The van der Waals surface area contributed by atoms with Crippen molar-refractivity contribution in [3.8, 4) is 5.75 Å². The Morgan fingerprint density at radius 3 is 2.88 bits per heavy atom. The molecule has 1 fully saturated rings. The number of hydrogen-bond donors (Lipinski definition) is 0. The van der Waals surface area contributed by atoms with Crippen LogP contribution in [0.25, 0.3) is 0 Å². The van der Waals surface area contributed by atoms with E-state index in [1.54, 1.807) is 6.07 Å². The van der Waals surface area contributed by atoms with Gasteiger partial charge in [-0.15, -0.1) is 0 Å². The van der Waals surface area contributed by atoms with Gasteiger partial charge in [0.2, 0.25) is 11.7 Å². The SMILES string of the molecule is CCc1ccc(OCc2noc(C3CCOCC3)n2)c([N+](=O)[O-])c1. The molecule has 8 nitrogen and oxygen atoms in total. The molecule has 1 aliphatic rings. The monoisotopic (exact) mass is 333 g/mol. The van der Waals surface area contributed by atoms with E-state index in [1.165, 1.54) is 6.07 Å². The number of nitro benzene ring substituents is 1. The highest BCUT2D eigenvalue weighted by Crippen LogP contribution is 2.29. The molecule has 0 amide bonds. The average Bonchev–Trinajstić information content (AvgIpc) is 3.09. The summed E-state index contributed by atoms with van der Waals surface area (Å²) in [6.07, 6.45) is 2.43. The van der Waals surface area contributed by atoms with E-state index < -0.39 is 4.92 Å². The van der Waals surface area contributed by atoms with Gasteiger partial charge in [0.15, 0.2) is 12.4 Å². The Morgan fingerprint density at radius 2 is 2.17 bits per heavy atom. The Kier molecular flexibility index (Phi) is 5.05. The minimum absolute atomic E-state index is 0.0268. The second-order valence-electron chi connectivity index (χ2n) is 5.64.